The average molecular weight is 244 g/mol. The molecule has 1 N–H and O–H groups in total. The predicted molar refractivity (Wildman–Crippen MR) is 56.3 cm³/mol. The number of halogens is 2. The first-order chi connectivity index (χ1) is 8.18. The van der Waals surface area contributed by atoms with E-state index in [1.54, 1.807) is 0 Å². The van der Waals surface area contributed by atoms with Crippen molar-refractivity contribution in [3.8, 4) is 0 Å². The maximum Gasteiger partial charge on any atom is 0.195 e. The Morgan fingerprint density at radius 3 is 2.47 bits per heavy atom. The molecule has 0 amide bonds. The summed E-state index contributed by atoms with van der Waals surface area (Å²) < 4.78 is 37.1. The second-order valence-electron chi connectivity index (χ2n) is 3.91. The number of aliphatic hydroxyl groups excluding tert-OH is 1. The van der Waals surface area contributed by atoms with Crippen molar-refractivity contribution in [2.24, 2.45) is 0 Å². The normalized spacial score (nSPS) is 18.5. The minimum atomic E-state index is -1.04. The molecule has 1 aromatic carbocycles. The average Bonchev–Trinajstić information content (AvgIpc) is 2.80. The van der Waals surface area contributed by atoms with Crippen LogP contribution in [-0.4, -0.2) is 24.9 Å². The lowest BCUT2D eigenvalue weighted by molar-refractivity contribution is -0.172. The molecule has 94 valence electrons. The highest BCUT2D eigenvalue weighted by Gasteiger charge is 2.38. The summed E-state index contributed by atoms with van der Waals surface area (Å²) >= 11 is 0. The third kappa shape index (κ3) is 2.46. The lowest BCUT2D eigenvalue weighted by atomic mass is 10.0. The third-order valence-corrected chi connectivity index (χ3v) is 2.78. The summed E-state index contributed by atoms with van der Waals surface area (Å²) in [7, 11) is 0. The molecule has 1 saturated heterocycles. The molecule has 1 aliphatic rings. The topological polar surface area (TPSA) is 38.7 Å². The van der Waals surface area contributed by atoms with E-state index < -0.39 is 17.4 Å². The van der Waals surface area contributed by atoms with E-state index >= 15 is 0 Å². The molecule has 0 aromatic heterocycles. The van der Waals surface area contributed by atoms with E-state index in [1.807, 2.05) is 0 Å². The van der Waals surface area contributed by atoms with Gasteiger partial charge in [0.2, 0.25) is 0 Å². The van der Waals surface area contributed by atoms with Crippen LogP contribution in [0.1, 0.15) is 18.4 Å². The Morgan fingerprint density at radius 1 is 1.18 bits per heavy atom. The molecule has 0 saturated carbocycles. The number of hydrogen-bond donors (Lipinski definition) is 1. The smallest absolute Gasteiger partial charge is 0.195 e. The van der Waals surface area contributed by atoms with Crippen molar-refractivity contribution in [3.63, 3.8) is 0 Å². The van der Waals surface area contributed by atoms with Crippen molar-refractivity contribution in [1.29, 1.82) is 0 Å². The lowest BCUT2D eigenvalue weighted by Gasteiger charge is -2.27. The molecule has 0 aliphatic carbocycles. The van der Waals surface area contributed by atoms with E-state index in [0.717, 1.165) is 12.1 Å². The SMILES string of the molecule is OCCCC1(c2ccc(F)c(F)c2)OCCO1. The Morgan fingerprint density at radius 2 is 1.88 bits per heavy atom. The minimum Gasteiger partial charge on any atom is -0.396 e. The maximum absolute atomic E-state index is 13.2. The Labute approximate surface area is 98.0 Å². The van der Waals surface area contributed by atoms with Gasteiger partial charge in [-0.1, -0.05) is 6.07 Å². The molecular weight excluding hydrogens is 230 g/mol. The molecule has 5 heteroatoms. The third-order valence-electron chi connectivity index (χ3n) is 2.78. The predicted octanol–water partition coefficient (Wildman–Crippen LogP) is 1.94. The number of rotatable bonds is 4. The minimum absolute atomic E-state index is 0.00184. The molecule has 17 heavy (non-hydrogen) atoms. The fraction of sp³-hybridized carbons (Fsp3) is 0.500. The number of ether oxygens (including phenoxy) is 2. The van der Waals surface area contributed by atoms with E-state index in [-0.39, 0.29) is 6.61 Å². The summed E-state index contributed by atoms with van der Waals surface area (Å²) in [5.74, 6) is -2.87. The molecule has 0 unspecified atom stereocenters. The molecule has 0 radical (unpaired) electrons. The van der Waals surface area contributed by atoms with Gasteiger partial charge in [0.25, 0.3) is 0 Å². The van der Waals surface area contributed by atoms with Gasteiger partial charge in [-0.2, -0.15) is 0 Å². The zero-order valence-corrected chi connectivity index (χ0v) is 9.29. The van der Waals surface area contributed by atoms with Gasteiger partial charge in [0, 0.05) is 18.6 Å². The van der Waals surface area contributed by atoms with Crippen molar-refractivity contribution in [3.05, 3.63) is 35.4 Å². The standard InChI is InChI=1S/C12H14F2O3/c13-10-3-2-9(8-11(10)14)12(4-1-5-15)16-6-7-17-12/h2-3,8,15H,1,4-7H2. The van der Waals surface area contributed by atoms with Crippen LogP contribution in [0.4, 0.5) is 8.78 Å². The van der Waals surface area contributed by atoms with Crippen molar-refractivity contribution < 1.29 is 23.4 Å². The first-order valence-corrected chi connectivity index (χ1v) is 5.52. The van der Waals surface area contributed by atoms with Crippen molar-refractivity contribution in [1.82, 2.24) is 0 Å². The highest BCUT2D eigenvalue weighted by molar-refractivity contribution is 5.23. The Kier molecular flexibility index (Phi) is 3.71. The summed E-state index contributed by atoms with van der Waals surface area (Å²) in [6, 6.07) is 3.58. The van der Waals surface area contributed by atoms with Gasteiger partial charge < -0.3 is 14.6 Å². The molecular formula is C12H14F2O3. The van der Waals surface area contributed by atoms with Crippen LogP contribution in [0.3, 0.4) is 0 Å². The van der Waals surface area contributed by atoms with Gasteiger partial charge in [-0.05, 0) is 18.6 Å². The van der Waals surface area contributed by atoms with E-state index in [2.05, 4.69) is 0 Å². The van der Waals surface area contributed by atoms with Gasteiger partial charge in [-0.3, -0.25) is 0 Å². The lowest BCUT2D eigenvalue weighted by Crippen LogP contribution is -2.27. The van der Waals surface area contributed by atoms with E-state index in [9.17, 15) is 8.78 Å². The van der Waals surface area contributed by atoms with Crippen LogP contribution >= 0.6 is 0 Å². The van der Waals surface area contributed by atoms with Gasteiger partial charge in [-0.25, -0.2) is 8.78 Å². The Balaban J connectivity index is 2.28. The fourth-order valence-electron chi connectivity index (χ4n) is 1.95. The molecule has 1 fully saturated rings. The fourth-order valence-corrected chi connectivity index (χ4v) is 1.95. The highest BCUT2D eigenvalue weighted by Crippen LogP contribution is 2.36. The number of hydrogen-bond acceptors (Lipinski definition) is 3. The van der Waals surface area contributed by atoms with Crippen molar-refractivity contribution in [2.75, 3.05) is 19.8 Å². The van der Waals surface area contributed by atoms with Crippen LogP contribution in [0.25, 0.3) is 0 Å². The summed E-state index contributed by atoms with van der Waals surface area (Å²) in [5.41, 5.74) is 0.447. The zero-order valence-electron chi connectivity index (χ0n) is 9.29. The van der Waals surface area contributed by atoms with E-state index in [0.29, 0.717) is 31.6 Å². The molecule has 1 aliphatic heterocycles. The van der Waals surface area contributed by atoms with Crippen LogP contribution in [0, 0.1) is 11.6 Å². The molecule has 0 bridgehead atoms. The van der Waals surface area contributed by atoms with Gasteiger partial charge >= 0.3 is 0 Å². The van der Waals surface area contributed by atoms with Crippen molar-refractivity contribution >= 4 is 0 Å². The first kappa shape index (κ1) is 12.4. The molecule has 3 nitrogen and oxygen atoms in total. The molecule has 1 heterocycles. The van der Waals surface area contributed by atoms with Gasteiger partial charge in [0.15, 0.2) is 17.4 Å². The van der Waals surface area contributed by atoms with Crippen LogP contribution in [-0.2, 0) is 15.3 Å². The second-order valence-corrected chi connectivity index (χ2v) is 3.91. The summed E-state index contributed by atoms with van der Waals surface area (Å²) in [6.07, 6.45) is 0.883. The number of benzene rings is 1. The van der Waals surface area contributed by atoms with E-state index in [1.165, 1.54) is 6.07 Å². The number of aliphatic hydroxyl groups is 1. The van der Waals surface area contributed by atoms with Crippen LogP contribution < -0.4 is 0 Å². The first-order valence-electron chi connectivity index (χ1n) is 5.52. The van der Waals surface area contributed by atoms with Crippen LogP contribution in [0.5, 0.6) is 0 Å². The van der Waals surface area contributed by atoms with Gasteiger partial charge in [-0.15, -0.1) is 0 Å². The second kappa shape index (κ2) is 5.08. The molecule has 1 aromatic rings. The summed E-state index contributed by atoms with van der Waals surface area (Å²) in [6.45, 7) is 0.812. The van der Waals surface area contributed by atoms with Gasteiger partial charge in [0.1, 0.15) is 0 Å². The highest BCUT2D eigenvalue weighted by atomic mass is 19.2. The van der Waals surface area contributed by atoms with Crippen LogP contribution in [0.2, 0.25) is 0 Å². The van der Waals surface area contributed by atoms with Crippen LogP contribution in [0.15, 0.2) is 18.2 Å². The van der Waals surface area contributed by atoms with Gasteiger partial charge in [0.05, 0.1) is 13.2 Å². The molecule has 0 spiro atoms. The summed E-state index contributed by atoms with van der Waals surface area (Å²) in [4.78, 5) is 0. The summed E-state index contributed by atoms with van der Waals surface area (Å²) in [5, 5.41) is 8.84. The van der Waals surface area contributed by atoms with Crippen molar-refractivity contribution in [2.45, 2.75) is 18.6 Å². The molecule has 0 atom stereocenters. The Hall–Kier alpha value is -1.04. The zero-order chi connectivity index (χ0) is 12.3. The molecule has 2 rings (SSSR count). The Bertz CT molecular complexity index is 389. The monoisotopic (exact) mass is 244 g/mol. The quantitative estimate of drug-likeness (QED) is 0.879. The maximum atomic E-state index is 13.2. The van der Waals surface area contributed by atoms with E-state index in [4.69, 9.17) is 14.6 Å². The largest absolute Gasteiger partial charge is 0.396 e.